The molecule has 1 rings (SSSR count). The Hall–Kier alpha value is -0.410. The van der Waals surface area contributed by atoms with Crippen molar-refractivity contribution in [2.45, 2.75) is 53.1 Å². The summed E-state index contributed by atoms with van der Waals surface area (Å²) in [5.74, 6) is 0.700. The number of rotatable bonds is 6. The van der Waals surface area contributed by atoms with E-state index in [2.05, 4.69) is 43.4 Å². The molecule has 2 nitrogen and oxygen atoms in total. The molecule has 0 aliphatic rings. The zero-order valence-corrected chi connectivity index (χ0v) is 11.0. The highest BCUT2D eigenvalue weighted by molar-refractivity contribution is 7.09. The van der Waals surface area contributed by atoms with Crippen molar-refractivity contribution in [1.82, 2.24) is 10.3 Å². The van der Waals surface area contributed by atoms with E-state index in [4.69, 9.17) is 0 Å². The van der Waals surface area contributed by atoms with E-state index in [0.29, 0.717) is 12.0 Å². The monoisotopic (exact) mass is 226 g/mol. The highest BCUT2D eigenvalue weighted by Crippen LogP contribution is 2.14. The largest absolute Gasteiger partial charge is 0.309 e. The van der Waals surface area contributed by atoms with Crippen LogP contribution in [0, 0.1) is 5.92 Å². The Morgan fingerprint density at radius 2 is 2.13 bits per heavy atom. The average molecular weight is 226 g/mol. The van der Waals surface area contributed by atoms with Crippen LogP contribution in [-0.2, 0) is 13.0 Å². The number of nitrogens with one attached hydrogen (secondary N) is 1. The van der Waals surface area contributed by atoms with E-state index in [-0.39, 0.29) is 0 Å². The maximum atomic E-state index is 4.61. The molecule has 0 spiro atoms. The molecule has 1 aromatic rings. The van der Waals surface area contributed by atoms with Crippen LogP contribution in [0.3, 0.4) is 0 Å². The molecule has 1 heterocycles. The first-order chi connectivity index (χ1) is 7.11. The van der Waals surface area contributed by atoms with Gasteiger partial charge in [0.2, 0.25) is 0 Å². The second-order valence-electron chi connectivity index (χ2n) is 4.52. The molecule has 0 aliphatic heterocycles. The van der Waals surface area contributed by atoms with Gasteiger partial charge in [0.25, 0.3) is 0 Å². The summed E-state index contributed by atoms with van der Waals surface area (Å²) in [6, 6.07) is 0.584. The minimum Gasteiger partial charge on any atom is -0.309 e. The zero-order valence-electron chi connectivity index (χ0n) is 10.2. The van der Waals surface area contributed by atoms with E-state index in [1.165, 1.54) is 17.1 Å². The van der Waals surface area contributed by atoms with Gasteiger partial charge < -0.3 is 5.32 Å². The van der Waals surface area contributed by atoms with E-state index in [1.54, 1.807) is 11.3 Å². The van der Waals surface area contributed by atoms with E-state index in [9.17, 15) is 0 Å². The summed E-state index contributed by atoms with van der Waals surface area (Å²) in [6.07, 6.45) is 2.27. The lowest BCUT2D eigenvalue weighted by Gasteiger charge is -2.08. The Kier molecular flexibility index (Phi) is 5.26. The van der Waals surface area contributed by atoms with Gasteiger partial charge in [0.15, 0.2) is 0 Å². The highest BCUT2D eigenvalue weighted by Gasteiger charge is 2.05. The highest BCUT2D eigenvalue weighted by atomic mass is 32.1. The molecule has 0 saturated carbocycles. The molecule has 1 N–H and O–H groups in total. The second-order valence-corrected chi connectivity index (χ2v) is 5.46. The van der Waals surface area contributed by atoms with Crippen LogP contribution in [0.4, 0.5) is 0 Å². The van der Waals surface area contributed by atoms with Crippen molar-refractivity contribution in [3.8, 4) is 0 Å². The summed E-state index contributed by atoms with van der Waals surface area (Å²) in [5.41, 5.74) is 1.19. The summed E-state index contributed by atoms with van der Waals surface area (Å²) >= 11 is 1.79. The first-order valence-corrected chi connectivity index (χ1v) is 6.66. The molecule has 1 aromatic heterocycles. The zero-order chi connectivity index (χ0) is 11.3. The second kappa shape index (κ2) is 6.23. The lowest BCUT2D eigenvalue weighted by molar-refractivity contribution is 0.529. The van der Waals surface area contributed by atoms with Gasteiger partial charge >= 0.3 is 0 Å². The predicted octanol–water partition coefficient (Wildman–Crippen LogP) is 3.23. The van der Waals surface area contributed by atoms with Crippen LogP contribution in [0.5, 0.6) is 0 Å². The number of hydrogen-bond donors (Lipinski definition) is 1. The normalized spacial score (nSPS) is 13.4. The standard InChI is InChI=1S/C12H22N2S/c1-5-10(4)13-7-11-8-15-12(14-11)6-9(2)3/h8-10,13H,5-7H2,1-4H3. The molecule has 1 atom stereocenters. The first-order valence-electron chi connectivity index (χ1n) is 5.78. The van der Waals surface area contributed by atoms with Crippen LogP contribution < -0.4 is 5.32 Å². The Bertz CT molecular complexity index is 281. The molecule has 0 aliphatic carbocycles. The van der Waals surface area contributed by atoms with Crippen molar-refractivity contribution in [2.75, 3.05) is 0 Å². The van der Waals surface area contributed by atoms with Crippen molar-refractivity contribution in [1.29, 1.82) is 0 Å². The molecule has 3 heteroatoms. The lowest BCUT2D eigenvalue weighted by atomic mass is 10.1. The van der Waals surface area contributed by atoms with Gasteiger partial charge in [-0.25, -0.2) is 4.98 Å². The van der Waals surface area contributed by atoms with E-state index >= 15 is 0 Å². The molecular weight excluding hydrogens is 204 g/mol. The maximum absolute atomic E-state index is 4.61. The Balaban J connectivity index is 2.39. The third kappa shape index (κ3) is 4.76. The first kappa shape index (κ1) is 12.7. The van der Waals surface area contributed by atoms with Crippen molar-refractivity contribution in [3.63, 3.8) is 0 Å². The van der Waals surface area contributed by atoms with Crippen molar-refractivity contribution >= 4 is 11.3 Å². The minimum atomic E-state index is 0.584. The predicted molar refractivity (Wildman–Crippen MR) is 67.2 cm³/mol. The fourth-order valence-electron chi connectivity index (χ4n) is 1.30. The summed E-state index contributed by atoms with van der Waals surface area (Å²) in [5, 5.41) is 6.90. The maximum Gasteiger partial charge on any atom is 0.0931 e. The SMILES string of the molecule is CCC(C)NCc1csc(CC(C)C)n1. The van der Waals surface area contributed by atoms with Crippen molar-refractivity contribution in [2.24, 2.45) is 5.92 Å². The fourth-order valence-corrected chi connectivity index (χ4v) is 2.30. The van der Waals surface area contributed by atoms with Gasteiger partial charge in [-0.3, -0.25) is 0 Å². The van der Waals surface area contributed by atoms with Gasteiger partial charge in [-0.1, -0.05) is 20.8 Å². The average Bonchev–Trinajstić information content (AvgIpc) is 2.61. The molecule has 0 saturated heterocycles. The third-order valence-electron chi connectivity index (χ3n) is 2.43. The van der Waals surface area contributed by atoms with Crippen LogP contribution in [-0.4, -0.2) is 11.0 Å². The summed E-state index contributed by atoms with van der Waals surface area (Å²) < 4.78 is 0. The van der Waals surface area contributed by atoms with Gasteiger partial charge in [0.1, 0.15) is 0 Å². The number of thiazole rings is 1. The fraction of sp³-hybridized carbons (Fsp3) is 0.750. The molecule has 0 aromatic carbocycles. The molecule has 0 amide bonds. The van der Waals surface area contributed by atoms with Gasteiger partial charge in [-0.05, 0) is 19.3 Å². The summed E-state index contributed by atoms with van der Waals surface area (Å²) in [4.78, 5) is 4.61. The van der Waals surface area contributed by atoms with Crippen LogP contribution in [0.1, 0.15) is 44.8 Å². The Morgan fingerprint density at radius 1 is 1.40 bits per heavy atom. The molecule has 0 radical (unpaired) electrons. The van der Waals surface area contributed by atoms with Crippen LogP contribution in [0.15, 0.2) is 5.38 Å². The van der Waals surface area contributed by atoms with Crippen LogP contribution >= 0.6 is 11.3 Å². The van der Waals surface area contributed by atoms with Gasteiger partial charge in [-0.2, -0.15) is 0 Å². The molecule has 15 heavy (non-hydrogen) atoms. The Morgan fingerprint density at radius 3 is 2.73 bits per heavy atom. The summed E-state index contributed by atoms with van der Waals surface area (Å²) in [7, 11) is 0. The van der Waals surface area contributed by atoms with Crippen LogP contribution in [0.2, 0.25) is 0 Å². The lowest BCUT2D eigenvalue weighted by Crippen LogP contribution is -2.24. The van der Waals surface area contributed by atoms with Gasteiger partial charge in [-0.15, -0.1) is 11.3 Å². The van der Waals surface area contributed by atoms with E-state index < -0.39 is 0 Å². The number of nitrogens with zero attached hydrogens (tertiary/aromatic N) is 1. The van der Waals surface area contributed by atoms with Crippen molar-refractivity contribution < 1.29 is 0 Å². The quantitative estimate of drug-likeness (QED) is 0.805. The van der Waals surface area contributed by atoms with Crippen LogP contribution in [0.25, 0.3) is 0 Å². The Labute approximate surface area is 97.1 Å². The molecular formula is C12H22N2S. The molecule has 1 unspecified atom stereocenters. The minimum absolute atomic E-state index is 0.584. The molecule has 86 valence electrons. The van der Waals surface area contributed by atoms with Gasteiger partial charge in [0.05, 0.1) is 10.7 Å². The number of aromatic nitrogens is 1. The van der Waals surface area contributed by atoms with Crippen molar-refractivity contribution in [3.05, 3.63) is 16.1 Å². The summed E-state index contributed by atoms with van der Waals surface area (Å²) in [6.45, 7) is 9.78. The molecule has 0 bridgehead atoms. The smallest absolute Gasteiger partial charge is 0.0931 e. The van der Waals surface area contributed by atoms with E-state index in [0.717, 1.165) is 13.0 Å². The van der Waals surface area contributed by atoms with Gasteiger partial charge in [0, 0.05) is 24.4 Å². The third-order valence-corrected chi connectivity index (χ3v) is 3.35. The topological polar surface area (TPSA) is 24.9 Å². The number of hydrogen-bond acceptors (Lipinski definition) is 3. The van der Waals surface area contributed by atoms with E-state index in [1.807, 2.05) is 0 Å². The molecule has 0 fully saturated rings.